The minimum atomic E-state index is -1.17. The third kappa shape index (κ3) is 6.75. The van der Waals surface area contributed by atoms with Crippen molar-refractivity contribution in [1.82, 2.24) is 0 Å². The van der Waals surface area contributed by atoms with Crippen LogP contribution in [0.3, 0.4) is 0 Å². The lowest BCUT2D eigenvalue weighted by Gasteiger charge is -2.38. The number of aliphatic hydroxyl groups is 1. The van der Waals surface area contributed by atoms with E-state index < -0.39 is 41.7 Å². The summed E-state index contributed by atoms with van der Waals surface area (Å²) in [7, 11) is 0. The van der Waals surface area contributed by atoms with Crippen LogP contribution < -0.4 is 0 Å². The van der Waals surface area contributed by atoms with Crippen LogP contribution in [0.4, 0.5) is 0 Å². The first-order valence-electron chi connectivity index (χ1n) is 7.63. The van der Waals surface area contributed by atoms with Gasteiger partial charge in [0, 0.05) is 5.75 Å². The van der Waals surface area contributed by atoms with E-state index in [1.807, 2.05) is 0 Å². The van der Waals surface area contributed by atoms with Crippen molar-refractivity contribution in [3.05, 3.63) is 38.0 Å². The second-order valence-corrected chi connectivity index (χ2v) is 6.29. The minimum absolute atomic E-state index is 0.0159. The molecule has 0 amide bonds. The third-order valence-electron chi connectivity index (χ3n) is 3.15. The maximum absolute atomic E-state index is 11.8. The molecule has 0 saturated carbocycles. The molecule has 4 atom stereocenters. The topological polar surface area (TPSA) is 99.1 Å². The Bertz CT molecular complexity index is 531. The summed E-state index contributed by atoms with van der Waals surface area (Å²) in [5, 5.41) is 10.1. The molecule has 1 saturated heterocycles. The zero-order valence-electron chi connectivity index (χ0n) is 13.8. The van der Waals surface area contributed by atoms with Gasteiger partial charge in [0.15, 0.2) is 18.3 Å². The average Bonchev–Trinajstić information content (AvgIpc) is 2.54. The van der Waals surface area contributed by atoms with Crippen LogP contribution in [0.1, 0.15) is 19.3 Å². The lowest BCUT2D eigenvalue weighted by molar-refractivity contribution is -0.189. The molecule has 1 heterocycles. The van der Waals surface area contributed by atoms with Crippen LogP contribution in [0.5, 0.6) is 0 Å². The highest BCUT2D eigenvalue weighted by Crippen LogP contribution is 2.31. The number of esters is 3. The van der Waals surface area contributed by atoms with E-state index in [4.69, 9.17) is 14.2 Å². The second-order valence-electron chi connectivity index (χ2n) is 5.14. The lowest BCUT2D eigenvalue weighted by atomic mass is 10.1. The Hall–Kier alpha value is -2.06. The number of hydrogen-bond acceptors (Lipinski definition) is 8. The molecule has 1 aliphatic heterocycles. The van der Waals surface area contributed by atoms with Crippen molar-refractivity contribution >= 4 is 29.7 Å². The van der Waals surface area contributed by atoms with Gasteiger partial charge in [-0.05, 0) is 0 Å². The van der Waals surface area contributed by atoms with Gasteiger partial charge in [0.25, 0.3) is 0 Å². The molecule has 8 heteroatoms. The molecular weight excluding hydrogens is 348 g/mol. The summed E-state index contributed by atoms with van der Waals surface area (Å²) in [6.07, 6.45) is 0.788. The first kappa shape index (κ1) is 21.0. The summed E-state index contributed by atoms with van der Waals surface area (Å²) < 4.78 is 15.8. The molecule has 138 valence electrons. The summed E-state index contributed by atoms with van der Waals surface area (Å²) in [6.45, 7) is 10.3. The fraction of sp³-hybridized carbons (Fsp3) is 0.471. The van der Waals surface area contributed by atoms with Gasteiger partial charge in [0.1, 0.15) is 5.44 Å². The molecule has 0 aliphatic carbocycles. The Balaban J connectivity index is 2.96. The van der Waals surface area contributed by atoms with E-state index >= 15 is 0 Å². The molecule has 0 aromatic rings. The van der Waals surface area contributed by atoms with Crippen molar-refractivity contribution in [2.24, 2.45) is 0 Å². The van der Waals surface area contributed by atoms with Crippen LogP contribution in [-0.2, 0) is 28.6 Å². The van der Waals surface area contributed by atoms with Gasteiger partial charge in [-0.3, -0.25) is 14.4 Å². The first-order valence-corrected chi connectivity index (χ1v) is 8.68. The van der Waals surface area contributed by atoms with E-state index in [1.54, 1.807) is 0 Å². The van der Waals surface area contributed by atoms with Gasteiger partial charge in [0.2, 0.25) is 0 Å². The van der Waals surface area contributed by atoms with E-state index in [9.17, 15) is 19.5 Å². The molecule has 1 rings (SSSR count). The van der Waals surface area contributed by atoms with Crippen molar-refractivity contribution in [2.45, 2.75) is 43.0 Å². The van der Waals surface area contributed by atoms with Crippen LogP contribution in [0, 0.1) is 0 Å². The number of carbonyl (C=O) groups excluding carboxylic acids is 3. The summed E-state index contributed by atoms with van der Waals surface area (Å²) >= 11 is 1.04. The SMILES string of the molecule is C=CCC(=O)O[C@@H]1[C@@H](OC(=O)CC=C)[C@H](OC(=O)CC=C)CS[C@H]1O. The van der Waals surface area contributed by atoms with Gasteiger partial charge in [-0.1, -0.05) is 18.2 Å². The molecule has 7 nitrogen and oxygen atoms in total. The molecule has 0 bridgehead atoms. The van der Waals surface area contributed by atoms with E-state index in [2.05, 4.69) is 19.7 Å². The average molecular weight is 370 g/mol. The monoisotopic (exact) mass is 370 g/mol. The van der Waals surface area contributed by atoms with Gasteiger partial charge >= 0.3 is 17.9 Å². The summed E-state index contributed by atoms with van der Waals surface area (Å²) in [5.74, 6) is -1.64. The predicted octanol–water partition coefficient (Wildman–Crippen LogP) is 1.52. The second kappa shape index (κ2) is 10.7. The smallest absolute Gasteiger partial charge is 0.310 e. The fourth-order valence-electron chi connectivity index (χ4n) is 2.10. The van der Waals surface area contributed by atoms with Crippen LogP contribution >= 0.6 is 11.8 Å². The van der Waals surface area contributed by atoms with Crippen molar-refractivity contribution < 1.29 is 33.7 Å². The van der Waals surface area contributed by atoms with E-state index in [-0.39, 0.29) is 25.0 Å². The van der Waals surface area contributed by atoms with E-state index in [0.717, 1.165) is 11.8 Å². The maximum atomic E-state index is 11.8. The Labute approximate surface area is 150 Å². The fourth-order valence-corrected chi connectivity index (χ4v) is 3.14. The van der Waals surface area contributed by atoms with Gasteiger partial charge in [-0.25, -0.2) is 0 Å². The highest BCUT2D eigenvalue weighted by Gasteiger charge is 2.46. The zero-order valence-corrected chi connectivity index (χ0v) is 14.6. The number of carbonyl (C=O) groups is 3. The largest absolute Gasteiger partial charge is 0.457 e. The lowest BCUT2D eigenvalue weighted by Crippen LogP contribution is -2.54. The molecule has 0 aromatic carbocycles. The van der Waals surface area contributed by atoms with Crippen LogP contribution in [0.2, 0.25) is 0 Å². The summed E-state index contributed by atoms with van der Waals surface area (Å²) in [4.78, 5) is 35.3. The van der Waals surface area contributed by atoms with Crippen molar-refractivity contribution in [3.8, 4) is 0 Å². The third-order valence-corrected chi connectivity index (χ3v) is 4.28. The highest BCUT2D eigenvalue weighted by atomic mass is 32.2. The van der Waals surface area contributed by atoms with Crippen molar-refractivity contribution in [3.63, 3.8) is 0 Å². The summed E-state index contributed by atoms with van der Waals surface area (Å²) in [6, 6.07) is 0. The Morgan fingerprint density at radius 1 is 0.880 bits per heavy atom. The van der Waals surface area contributed by atoms with Crippen molar-refractivity contribution in [1.29, 1.82) is 0 Å². The Kier molecular flexibility index (Phi) is 9.01. The number of rotatable bonds is 9. The first-order chi connectivity index (χ1) is 11.9. The van der Waals surface area contributed by atoms with Crippen LogP contribution in [0.15, 0.2) is 38.0 Å². The Morgan fingerprint density at radius 2 is 1.32 bits per heavy atom. The predicted molar refractivity (Wildman–Crippen MR) is 92.5 cm³/mol. The summed E-state index contributed by atoms with van der Waals surface area (Å²) in [5.41, 5.74) is -1.12. The van der Waals surface area contributed by atoms with E-state index in [0.29, 0.717) is 0 Å². The molecule has 1 fully saturated rings. The van der Waals surface area contributed by atoms with Crippen molar-refractivity contribution in [2.75, 3.05) is 5.75 Å². The Morgan fingerprint density at radius 3 is 1.80 bits per heavy atom. The molecule has 25 heavy (non-hydrogen) atoms. The number of ether oxygens (including phenoxy) is 3. The van der Waals surface area contributed by atoms with Crippen LogP contribution in [-0.4, -0.2) is 52.5 Å². The molecule has 0 aromatic heterocycles. The quantitative estimate of drug-likeness (QED) is 0.370. The number of aliphatic hydroxyl groups excluding tert-OH is 1. The van der Waals surface area contributed by atoms with Gasteiger partial charge < -0.3 is 19.3 Å². The molecule has 1 N–H and O–H groups in total. The molecule has 0 spiro atoms. The zero-order chi connectivity index (χ0) is 18.8. The minimum Gasteiger partial charge on any atom is -0.457 e. The normalized spacial score (nSPS) is 25.3. The molecule has 0 radical (unpaired) electrons. The van der Waals surface area contributed by atoms with Gasteiger partial charge in [0.05, 0.1) is 19.3 Å². The molecular formula is C17H22O7S. The molecule has 1 aliphatic rings. The maximum Gasteiger partial charge on any atom is 0.310 e. The highest BCUT2D eigenvalue weighted by molar-refractivity contribution is 7.99. The van der Waals surface area contributed by atoms with E-state index in [1.165, 1.54) is 18.2 Å². The number of thioether (sulfide) groups is 1. The van der Waals surface area contributed by atoms with Crippen LogP contribution in [0.25, 0.3) is 0 Å². The molecule has 0 unspecified atom stereocenters. The van der Waals surface area contributed by atoms with Gasteiger partial charge in [-0.2, -0.15) is 0 Å². The standard InChI is InChI=1S/C17H22O7S/c1-4-7-12(18)22-11-10-25-17(21)16(24-14(20)9-6-3)15(11)23-13(19)8-5-2/h4-6,11,15-17,21H,1-3,7-10H2/t11-,15+,16-,17-/m1/s1. The van der Waals surface area contributed by atoms with Gasteiger partial charge in [-0.15, -0.1) is 31.5 Å². The number of hydrogen-bond donors (Lipinski definition) is 1.